The number of rotatable bonds is 7. The molecular weight excluding hydrogens is 220 g/mol. The molecule has 0 saturated carbocycles. The Bertz CT molecular complexity index is 240. The first-order valence-electron chi connectivity index (χ1n) is 4.77. The average molecular weight is 236 g/mol. The van der Waals surface area contributed by atoms with E-state index in [-0.39, 0.29) is 6.42 Å². The monoisotopic (exact) mass is 236 g/mol. The van der Waals surface area contributed by atoms with Gasteiger partial charge in [0.05, 0.1) is 6.61 Å². The highest BCUT2D eigenvalue weighted by molar-refractivity contribution is 5.86. The Morgan fingerprint density at radius 1 is 1.25 bits per heavy atom. The van der Waals surface area contributed by atoms with Crippen LogP contribution in [0.1, 0.15) is 13.3 Å². The van der Waals surface area contributed by atoms with Crippen molar-refractivity contribution in [3.05, 3.63) is 0 Å². The smallest absolute Gasteiger partial charge is 0.305 e. The second kappa shape index (κ2) is 7.29. The van der Waals surface area contributed by atoms with Gasteiger partial charge in [0.2, 0.25) is 5.78 Å². The van der Waals surface area contributed by atoms with Crippen molar-refractivity contribution in [1.29, 1.82) is 0 Å². The Morgan fingerprint density at radius 3 is 2.25 bits per heavy atom. The minimum Gasteiger partial charge on any atom is -0.458 e. The zero-order chi connectivity index (χ0) is 12.7. The third-order valence-corrected chi connectivity index (χ3v) is 1.90. The number of ether oxygens (including phenoxy) is 1. The molecule has 0 radical (unpaired) electrons. The number of hydrogen-bond acceptors (Lipinski definition) is 7. The van der Waals surface area contributed by atoms with Crippen LogP contribution in [0, 0.1) is 0 Å². The Balaban J connectivity index is 4.12. The SMILES string of the molecule is CCC(=O)OCC(=O)[C@H](O)[C@@H](O)[C@H](O)CO. The van der Waals surface area contributed by atoms with E-state index in [4.69, 9.17) is 15.3 Å². The fraction of sp³-hybridized carbons (Fsp3) is 0.778. The van der Waals surface area contributed by atoms with E-state index in [0.29, 0.717) is 0 Å². The largest absolute Gasteiger partial charge is 0.458 e. The summed E-state index contributed by atoms with van der Waals surface area (Å²) in [6, 6.07) is 0. The number of ketones is 1. The molecule has 0 fully saturated rings. The van der Waals surface area contributed by atoms with Gasteiger partial charge in [-0.1, -0.05) is 6.92 Å². The van der Waals surface area contributed by atoms with Gasteiger partial charge < -0.3 is 25.2 Å². The van der Waals surface area contributed by atoms with E-state index in [1.165, 1.54) is 6.92 Å². The van der Waals surface area contributed by atoms with Crippen molar-refractivity contribution >= 4 is 11.8 Å². The number of esters is 1. The second-order valence-corrected chi connectivity index (χ2v) is 3.17. The molecule has 16 heavy (non-hydrogen) atoms. The van der Waals surface area contributed by atoms with E-state index in [2.05, 4.69) is 4.74 Å². The van der Waals surface area contributed by atoms with Crippen LogP contribution in [0.15, 0.2) is 0 Å². The lowest BCUT2D eigenvalue weighted by Crippen LogP contribution is -2.45. The van der Waals surface area contributed by atoms with Crippen molar-refractivity contribution in [3.8, 4) is 0 Å². The van der Waals surface area contributed by atoms with E-state index in [9.17, 15) is 14.7 Å². The Labute approximate surface area is 92.3 Å². The maximum absolute atomic E-state index is 11.1. The van der Waals surface area contributed by atoms with E-state index < -0.39 is 43.3 Å². The molecule has 0 heterocycles. The van der Waals surface area contributed by atoms with Crippen LogP contribution in [-0.2, 0) is 14.3 Å². The fourth-order valence-corrected chi connectivity index (χ4v) is 0.848. The summed E-state index contributed by atoms with van der Waals surface area (Å²) in [6.07, 6.45) is -5.24. The van der Waals surface area contributed by atoms with Crippen LogP contribution in [0.2, 0.25) is 0 Å². The standard InChI is InChI=1S/C9H16O7/c1-2-7(13)16-4-6(12)9(15)8(14)5(11)3-10/h5,8-11,14-15H,2-4H2,1H3/t5-,8+,9+/m1/s1. The van der Waals surface area contributed by atoms with Crippen molar-refractivity contribution in [2.24, 2.45) is 0 Å². The first kappa shape index (κ1) is 15.0. The van der Waals surface area contributed by atoms with Gasteiger partial charge in [0.1, 0.15) is 18.3 Å². The third-order valence-electron chi connectivity index (χ3n) is 1.90. The van der Waals surface area contributed by atoms with Gasteiger partial charge in [-0.25, -0.2) is 0 Å². The van der Waals surface area contributed by atoms with E-state index >= 15 is 0 Å². The van der Waals surface area contributed by atoms with Crippen LogP contribution in [0.4, 0.5) is 0 Å². The normalized spacial score (nSPS) is 16.3. The highest BCUT2D eigenvalue weighted by atomic mass is 16.5. The zero-order valence-corrected chi connectivity index (χ0v) is 8.87. The van der Waals surface area contributed by atoms with Gasteiger partial charge in [0.25, 0.3) is 0 Å². The second-order valence-electron chi connectivity index (χ2n) is 3.17. The van der Waals surface area contributed by atoms with Crippen LogP contribution in [0.5, 0.6) is 0 Å². The number of aliphatic hydroxyl groups is 4. The summed E-state index contributed by atoms with van der Waals surface area (Å²) < 4.78 is 4.43. The Kier molecular flexibility index (Phi) is 6.82. The molecule has 0 unspecified atom stereocenters. The Morgan fingerprint density at radius 2 is 1.81 bits per heavy atom. The first-order chi connectivity index (χ1) is 7.43. The summed E-state index contributed by atoms with van der Waals surface area (Å²) in [7, 11) is 0. The summed E-state index contributed by atoms with van der Waals surface area (Å²) in [5.41, 5.74) is 0. The summed E-state index contributed by atoms with van der Waals surface area (Å²) in [5, 5.41) is 35.8. The summed E-state index contributed by atoms with van der Waals surface area (Å²) in [6.45, 7) is 0.0664. The molecule has 0 aromatic heterocycles. The fourth-order valence-electron chi connectivity index (χ4n) is 0.848. The van der Waals surface area contributed by atoms with Gasteiger partial charge in [0.15, 0.2) is 6.61 Å². The van der Waals surface area contributed by atoms with Crippen LogP contribution in [0.3, 0.4) is 0 Å². The van der Waals surface area contributed by atoms with Crippen LogP contribution < -0.4 is 0 Å². The van der Waals surface area contributed by atoms with E-state index in [0.717, 1.165) is 0 Å². The molecule has 0 aliphatic carbocycles. The molecule has 4 N–H and O–H groups in total. The van der Waals surface area contributed by atoms with E-state index in [1.54, 1.807) is 0 Å². The van der Waals surface area contributed by atoms with Gasteiger partial charge in [-0.3, -0.25) is 9.59 Å². The lowest BCUT2D eigenvalue weighted by atomic mass is 10.1. The van der Waals surface area contributed by atoms with Crippen molar-refractivity contribution < 1.29 is 34.8 Å². The quantitative estimate of drug-likeness (QED) is 0.363. The highest BCUT2D eigenvalue weighted by Crippen LogP contribution is 2.02. The third kappa shape index (κ3) is 4.67. The van der Waals surface area contributed by atoms with Gasteiger partial charge in [-0.05, 0) is 0 Å². The predicted octanol–water partition coefficient (Wildman–Crippen LogP) is -2.42. The van der Waals surface area contributed by atoms with Gasteiger partial charge in [0, 0.05) is 6.42 Å². The molecule has 0 aliphatic rings. The van der Waals surface area contributed by atoms with Crippen molar-refractivity contribution in [1.82, 2.24) is 0 Å². The first-order valence-corrected chi connectivity index (χ1v) is 4.77. The van der Waals surface area contributed by atoms with Crippen LogP contribution in [0.25, 0.3) is 0 Å². The molecule has 7 nitrogen and oxygen atoms in total. The molecule has 0 spiro atoms. The number of carbonyl (C=O) groups is 2. The lowest BCUT2D eigenvalue weighted by molar-refractivity contribution is -0.154. The summed E-state index contributed by atoms with van der Waals surface area (Å²) in [5.74, 6) is -1.56. The van der Waals surface area contributed by atoms with E-state index in [1.807, 2.05) is 0 Å². The number of Topliss-reactive ketones (excluding diaryl/α,β-unsaturated/α-hetero) is 1. The lowest BCUT2D eigenvalue weighted by Gasteiger charge is -2.20. The molecule has 94 valence electrons. The minimum atomic E-state index is -1.90. The van der Waals surface area contributed by atoms with Gasteiger partial charge in [-0.2, -0.15) is 0 Å². The van der Waals surface area contributed by atoms with Crippen molar-refractivity contribution in [2.45, 2.75) is 31.7 Å². The number of aliphatic hydroxyl groups excluding tert-OH is 4. The maximum Gasteiger partial charge on any atom is 0.305 e. The molecule has 0 rings (SSSR count). The molecule has 3 atom stereocenters. The van der Waals surface area contributed by atoms with Gasteiger partial charge >= 0.3 is 5.97 Å². The molecule has 0 amide bonds. The van der Waals surface area contributed by atoms with Gasteiger partial charge in [-0.15, -0.1) is 0 Å². The van der Waals surface area contributed by atoms with Crippen molar-refractivity contribution in [2.75, 3.05) is 13.2 Å². The number of carbonyl (C=O) groups excluding carboxylic acids is 2. The Hall–Kier alpha value is -1.02. The average Bonchev–Trinajstić information content (AvgIpc) is 2.32. The zero-order valence-electron chi connectivity index (χ0n) is 8.87. The molecule has 0 saturated heterocycles. The molecule has 0 bridgehead atoms. The topological polar surface area (TPSA) is 124 Å². The predicted molar refractivity (Wildman–Crippen MR) is 51.4 cm³/mol. The molecule has 0 aromatic carbocycles. The molecule has 0 aromatic rings. The maximum atomic E-state index is 11.1. The number of hydrogen-bond donors (Lipinski definition) is 4. The summed E-state index contributed by atoms with van der Waals surface area (Å²) >= 11 is 0. The van der Waals surface area contributed by atoms with Crippen LogP contribution in [-0.4, -0.2) is 63.7 Å². The minimum absolute atomic E-state index is 0.0885. The molecule has 7 heteroatoms. The summed E-state index contributed by atoms with van der Waals surface area (Å²) in [4.78, 5) is 21.8. The molecular formula is C9H16O7. The van der Waals surface area contributed by atoms with Crippen molar-refractivity contribution in [3.63, 3.8) is 0 Å². The molecule has 0 aliphatic heterocycles. The van der Waals surface area contributed by atoms with Crippen LogP contribution >= 0.6 is 0 Å². The highest BCUT2D eigenvalue weighted by Gasteiger charge is 2.30.